The number of non-ortho nitro benzene ring substituents is 1. The molecule has 2 N–H and O–H groups in total. The van der Waals surface area contributed by atoms with E-state index in [2.05, 4.69) is 0 Å². The Bertz CT molecular complexity index is 505. The van der Waals surface area contributed by atoms with Gasteiger partial charge in [-0.2, -0.15) is 0 Å². The zero-order chi connectivity index (χ0) is 16.0. The Balaban J connectivity index is 2.82. The van der Waals surface area contributed by atoms with E-state index in [4.69, 9.17) is 5.73 Å². The molecule has 21 heavy (non-hydrogen) atoms. The highest BCUT2D eigenvalue weighted by atomic mass is 16.6. The van der Waals surface area contributed by atoms with Crippen LogP contribution in [0.2, 0.25) is 0 Å². The first-order valence-corrected chi connectivity index (χ1v) is 7.15. The molecule has 0 radical (unpaired) electrons. The van der Waals surface area contributed by atoms with Crippen LogP contribution >= 0.6 is 0 Å². The van der Waals surface area contributed by atoms with Crippen molar-refractivity contribution < 1.29 is 9.72 Å². The second-order valence-corrected chi connectivity index (χ2v) is 5.23. The molecular formula is C15H23N3O3. The molecule has 6 nitrogen and oxygen atoms in total. The van der Waals surface area contributed by atoms with Gasteiger partial charge in [0, 0.05) is 19.2 Å². The largest absolute Gasteiger partial charge is 0.338 e. The maximum absolute atomic E-state index is 12.2. The van der Waals surface area contributed by atoms with E-state index in [1.807, 2.05) is 13.8 Å². The van der Waals surface area contributed by atoms with Crippen LogP contribution in [0.4, 0.5) is 5.69 Å². The van der Waals surface area contributed by atoms with E-state index in [1.54, 1.807) is 24.1 Å². The molecule has 0 fully saturated rings. The zero-order valence-corrected chi connectivity index (χ0v) is 12.8. The maximum atomic E-state index is 12.2. The standard InChI is InChI=1S/C15H23N3O3/c1-4-5-9-14(16)15(19)17(3)11(2)12-7-6-8-13(10-12)18(20)21/h6-8,10-11,14H,4-5,9,16H2,1-3H3/t11?,14-/m0/s1. The summed E-state index contributed by atoms with van der Waals surface area (Å²) in [5.41, 5.74) is 6.65. The van der Waals surface area contributed by atoms with E-state index in [-0.39, 0.29) is 17.6 Å². The fraction of sp³-hybridized carbons (Fsp3) is 0.533. The van der Waals surface area contributed by atoms with Crippen molar-refractivity contribution in [3.8, 4) is 0 Å². The second-order valence-electron chi connectivity index (χ2n) is 5.23. The first kappa shape index (κ1) is 17.1. The normalized spacial score (nSPS) is 13.5. The lowest BCUT2D eigenvalue weighted by atomic mass is 10.0. The molecule has 0 saturated carbocycles. The van der Waals surface area contributed by atoms with E-state index < -0.39 is 11.0 Å². The van der Waals surface area contributed by atoms with Crippen LogP contribution < -0.4 is 5.73 Å². The lowest BCUT2D eigenvalue weighted by molar-refractivity contribution is -0.384. The van der Waals surface area contributed by atoms with E-state index in [0.717, 1.165) is 18.4 Å². The molecule has 0 spiro atoms. The van der Waals surface area contributed by atoms with E-state index in [9.17, 15) is 14.9 Å². The van der Waals surface area contributed by atoms with Crippen molar-refractivity contribution in [1.29, 1.82) is 0 Å². The van der Waals surface area contributed by atoms with Crippen LogP contribution in [0, 0.1) is 10.1 Å². The molecule has 1 unspecified atom stereocenters. The number of carbonyl (C=O) groups excluding carboxylic acids is 1. The Hall–Kier alpha value is -1.95. The molecule has 1 aromatic rings. The first-order valence-electron chi connectivity index (χ1n) is 7.15. The molecule has 0 aliphatic heterocycles. The number of likely N-dealkylation sites (N-methyl/N-ethyl adjacent to an activating group) is 1. The lowest BCUT2D eigenvalue weighted by Gasteiger charge is -2.27. The highest BCUT2D eigenvalue weighted by molar-refractivity contribution is 5.81. The number of amides is 1. The third-order valence-electron chi connectivity index (χ3n) is 3.68. The van der Waals surface area contributed by atoms with Gasteiger partial charge in [-0.15, -0.1) is 0 Å². The fourth-order valence-electron chi connectivity index (χ4n) is 2.12. The number of nitrogens with two attached hydrogens (primary N) is 1. The summed E-state index contributed by atoms with van der Waals surface area (Å²) in [6, 6.07) is 5.55. The Kier molecular flexibility index (Phi) is 6.30. The monoisotopic (exact) mass is 293 g/mol. The minimum absolute atomic E-state index is 0.0236. The lowest BCUT2D eigenvalue weighted by Crippen LogP contribution is -2.42. The van der Waals surface area contributed by atoms with Gasteiger partial charge in [-0.3, -0.25) is 14.9 Å². The molecule has 0 aliphatic carbocycles. The van der Waals surface area contributed by atoms with Crippen LogP contribution in [0.15, 0.2) is 24.3 Å². The molecule has 1 aromatic carbocycles. The highest BCUT2D eigenvalue weighted by Gasteiger charge is 2.23. The van der Waals surface area contributed by atoms with E-state index >= 15 is 0 Å². The van der Waals surface area contributed by atoms with Crippen LogP contribution in [0.3, 0.4) is 0 Å². The van der Waals surface area contributed by atoms with Gasteiger partial charge in [-0.1, -0.05) is 31.9 Å². The SMILES string of the molecule is CCCC[C@H](N)C(=O)N(C)C(C)c1cccc([N+](=O)[O-])c1. The molecule has 0 aliphatic rings. The number of unbranched alkanes of at least 4 members (excludes halogenated alkanes) is 1. The predicted molar refractivity (Wildman–Crippen MR) is 81.8 cm³/mol. The Morgan fingerprint density at radius 3 is 2.71 bits per heavy atom. The summed E-state index contributed by atoms with van der Waals surface area (Å²) in [5.74, 6) is -0.137. The molecule has 2 atom stereocenters. The van der Waals surface area contributed by atoms with Crippen molar-refractivity contribution in [2.24, 2.45) is 5.73 Å². The van der Waals surface area contributed by atoms with Crippen molar-refractivity contribution in [1.82, 2.24) is 4.90 Å². The summed E-state index contributed by atoms with van der Waals surface area (Å²) >= 11 is 0. The summed E-state index contributed by atoms with van der Waals surface area (Å²) in [5, 5.41) is 10.8. The maximum Gasteiger partial charge on any atom is 0.269 e. The Morgan fingerprint density at radius 1 is 1.48 bits per heavy atom. The first-order chi connectivity index (χ1) is 9.88. The second kappa shape index (κ2) is 7.73. The quantitative estimate of drug-likeness (QED) is 0.618. The Labute approximate surface area is 125 Å². The van der Waals surface area contributed by atoms with Crippen LogP contribution in [0.25, 0.3) is 0 Å². The zero-order valence-electron chi connectivity index (χ0n) is 12.8. The molecule has 116 valence electrons. The average Bonchev–Trinajstić information content (AvgIpc) is 2.50. The number of carbonyl (C=O) groups is 1. The minimum atomic E-state index is -0.518. The number of rotatable bonds is 7. The van der Waals surface area contributed by atoms with Gasteiger partial charge < -0.3 is 10.6 Å². The molecule has 1 amide bonds. The van der Waals surface area contributed by atoms with Gasteiger partial charge in [0.15, 0.2) is 0 Å². The van der Waals surface area contributed by atoms with Crippen molar-refractivity contribution in [2.75, 3.05) is 7.05 Å². The van der Waals surface area contributed by atoms with Gasteiger partial charge in [-0.25, -0.2) is 0 Å². The molecule has 0 aromatic heterocycles. The average molecular weight is 293 g/mol. The van der Waals surface area contributed by atoms with Crippen molar-refractivity contribution in [2.45, 2.75) is 45.2 Å². The number of nitro groups is 1. The topological polar surface area (TPSA) is 89.5 Å². The highest BCUT2D eigenvalue weighted by Crippen LogP contribution is 2.23. The minimum Gasteiger partial charge on any atom is -0.338 e. The fourth-order valence-corrected chi connectivity index (χ4v) is 2.12. The van der Waals surface area contributed by atoms with Crippen LogP contribution in [0.1, 0.15) is 44.7 Å². The van der Waals surface area contributed by atoms with E-state index in [0.29, 0.717) is 6.42 Å². The summed E-state index contributed by atoms with van der Waals surface area (Å²) in [6.45, 7) is 3.89. The van der Waals surface area contributed by atoms with Crippen LogP contribution in [-0.4, -0.2) is 28.8 Å². The molecular weight excluding hydrogens is 270 g/mol. The number of hydrogen-bond donors (Lipinski definition) is 1. The van der Waals surface area contributed by atoms with Gasteiger partial charge in [0.2, 0.25) is 5.91 Å². The number of nitro benzene ring substituents is 1. The Morgan fingerprint density at radius 2 is 2.14 bits per heavy atom. The summed E-state index contributed by atoms with van der Waals surface area (Å²) < 4.78 is 0. The summed E-state index contributed by atoms with van der Waals surface area (Å²) in [6.07, 6.45) is 2.55. The van der Waals surface area contributed by atoms with Crippen LogP contribution in [-0.2, 0) is 4.79 Å². The summed E-state index contributed by atoms with van der Waals surface area (Å²) in [4.78, 5) is 24.2. The van der Waals surface area contributed by atoms with Crippen molar-refractivity contribution >= 4 is 11.6 Å². The molecule has 0 bridgehead atoms. The van der Waals surface area contributed by atoms with Gasteiger partial charge in [0.1, 0.15) is 0 Å². The smallest absolute Gasteiger partial charge is 0.269 e. The predicted octanol–water partition coefficient (Wildman–Crippen LogP) is 2.63. The van der Waals surface area contributed by atoms with Crippen LogP contribution in [0.5, 0.6) is 0 Å². The molecule has 0 saturated heterocycles. The third-order valence-corrected chi connectivity index (χ3v) is 3.68. The third kappa shape index (κ3) is 4.53. The van der Waals surface area contributed by atoms with Gasteiger partial charge in [0.25, 0.3) is 5.69 Å². The molecule has 0 heterocycles. The number of hydrogen-bond acceptors (Lipinski definition) is 4. The number of nitrogens with zero attached hydrogens (tertiary/aromatic N) is 2. The van der Waals surface area contributed by atoms with Crippen molar-refractivity contribution in [3.05, 3.63) is 39.9 Å². The van der Waals surface area contributed by atoms with E-state index in [1.165, 1.54) is 12.1 Å². The van der Waals surface area contributed by atoms with Gasteiger partial charge >= 0.3 is 0 Å². The summed E-state index contributed by atoms with van der Waals surface area (Å²) in [7, 11) is 1.68. The molecule has 6 heteroatoms. The van der Waals surface area contributed by atoms with Gasteiger partial charge in [-0.05, 0) is 18.9 Å². The van der Waals surface area contributed by atoms with Gasteiger partial charge in [0.05, 0.1) is 17.0 Å². The number of benzene rings is 1. The molecule has 1 rings (SSSR count). The van der Waals surface area contributed by atoms with Crippen molar-refractivity contribution in [3.63, 3.8) is 0 Å².